The molecule has 0 radical (unpaired) electrons. The summed E-state index contributed by atoms with van der Waals surface area (Å²) in [6.07, 6.45) is 3.79. The van der Waals surface area contributed by atoms with E-state index in [4.69, 9.17) is 5.73 Å². The van der Waals surface area contributed by atoms with Crippen molar-refractivity contribution >= 4 is 0 Å². The summed E-state index contributed by atoms with van der Waals surface area (Å²) in [7, 11) is 0. The lowest BCUT2D eigenvalue weighted by molar-refractivity contribution is 0.718. The van der Waals surface area contributed by atoms with Gasteiger partial charge in [0.1, 0.15) is 5.82 Å². The summed E-state index contributed by atoms with van der Waals surface area (Å²) >= 11 is 0. The van der Waals surface area contributed by atoms with E-state index >= 15 is 0 Å². The Morgan fingerprint density at radius 1 is 1.18 bits per heavy atom. The molecular formula is C14H19N3. The third-order valence-corrected chi connectivity index (χ3v) is 3.15. The zero-order valence-electron chi connectivity index (χ0n) is 10.7. The molecule has 0 amide bonds. The maximum Gasteiger partial charge on any atom is 0.122 e. The van der Waals surface area contributed by atoms with Crippen LogP contribution in [0, 0.1) is 20.8 Å². The maximum atomic E-state index is 5.67. The quantitative estimate of drug-likeness (QED) is 0.877. The molecule has 1 heterocycles. The van der Waals surface area contributed by atoms with E-state index in [0.29, 0.717) is 6.54 Å². The minimum atomic E-state index is 0.483. The van der Waals surface area contributed by atoms with Crippen LogP contribution in [0.15, 0.2) is 24.5 Å². The summed E-state index contributed by atoms with van der Waals surface area (Å²) in [4.78, 5) is 4.25. The van der Waals surface area contributed by atoms with E-state index < -0.39 is 0 Å². The summed E-state index contributed by atoms with van der Waals surface area (Å²) in [5.74, 6) is 0.935. The molecular weight excluding hydrogens is 210 g/mol. The van der Waals surface area contributed by atoms with E-state index in [0.717, 1.165) is 12.4 Å². The summed E-state index contributed by atoms with van der Waals surface area (Å²) in [5.41, 5.74) is 11.0. The Kier molecular flexibility index (Phi) is 3.29. The standard InChI is InChI=1S/C14H19N3/c1-10-6-11(2)13(12(3)7-10)9-17-5-4-16-14(17)8-15/h4-7H,8-9,15H2,1-3H3. The summed E-state index contributed by atoms with van der Waals surface area (Å²) in [6, 6.07) is 4.45. The number of benzene rings is 1. The van der Waals surface area contributed by atoms with E-state index in [2.05, 4.69) is 42.5 Å². The van der Waals surface area contributed by atoms with Gasteiger partial charge in [-0.15, -0.1) is 0 Å². The second-order valence-corrected chi connectivity index (χ2v) is 4.55. The van der Waals surface area contributed by atoms with Gasteiger partial charge in [0.2, 0.25) is 0 Å². The first-order chi connectivity index (χ1) is 8.11. The predicted molar refractivity (Wildman–Crippen MR) is 69.9 cm³/mol. The van der Waals surface area contributed by atoms with Gasteiger partial charge >= 0.3 is 0 Å². The van der Waals surface area contributed by atoms with Crippen molar-refractivity contribution in [3.8, 4) is 0 Å². The molecule has 0 saturated heterocycles. The fraction of sp³-hybridized carbons (Fsp3) is 0.357. The Morgan fingerprint density at radius 3 is 2.41 bits per heavy atom. The highest BCUT2D eigenvalue weighted by atomic mass is 15.1. The number of nitrogens with zero attached hydrogens (tertiary/aromatic N) is 2. The first-order valence-electron chi connectivity index (χ1n) is 5.88. The summed E-state index contributed by atoms with van der Waals surface area (Å²) < 4.78 is 2.12. The van der Waals surface area contributed by atoms with Gasteiger partial charge in [-0.05, 0) is 37.5 Å². The van der Waals surface area contributed by atoms with Gasteiger partial charge in [0.25, 0.3) is 0 Å². The van der Waals surface area contributed by atoms with Crippen LogP contribution in [0.25, 0.3) is 0 Å². The third-order valence-electron chi connectivity index (χ3n) is 3.15. The maximum absolute atomic E-state index is 5.67. The molecule has 0 aliphatic heterocycles. The van der Waals surface area contributed by atoms with Crippen LogP contribution < -0.4 is 5.73 Å². The Morgan fingerprint density at radius 2 is 1.82 bits per heavy atom. The van der Waals surface area contributed by atoms with E-state index in [-0.39, 0.29) is 0 Å². The van der Waals surface area contributed by atoms with Crippen molar-refractivity contribution in [1.29, 1.82) is 0 Å². The molecule has 2 N–H and O–H groups in total. The van der Waals surface area contributed by atoms with Crippen molar-refractivity contribution in [3.63, 3.8) is 0 Å². The van der Waals surface area contributed by atoms with Gasteiger partial charge < -0.3 is 10.3 Å². The van der Waals surface area contributed by atoms with Gasteiger partial charge in [-0.1, -0.05) is 17.7 Å². The zero-order chi connectivity index (χ0) is 12.4. The molecule has 17 heavy (non-hydrogen) atoms. The van der Waals surface area contributed by atoms with Crippen molar-refractivity contribution in [2.75, 3.05) is 0 Å². The summed E-state index contributed by atoms with van der Waals surface area (Å²) in [5, 5.41) is 0. The highest BCUT2D eigenvalue weighted by Crippen LogP contribution is 2.18. The second-order valence-electron chi connectivity index (χ2n) is 4.55. The topological polar surface area (TPSA) is 43.8 Å². The molecule has 2 rings (SSSR count). The molecule has 1 aromatic heterocycles. The Balaban J connectivity index is 2.36. The lowest BCUT2D eigenvalue weighted by Crippen LogP contribution is -2.10. The van der Waals surface area contributed by atoms with Crippen molar-refractivity contribution < 1.29 is 0 Å². The zero-order valence-corrected chi connectivity index (χ0v) is 10.7. The lowest BCUT2D eigenvalue weighted by atomic mass is 10.00. The number of nitrogens with two attached hydrogens (primary N) is 1. The van der Waals surface area contributed by atoms with E-state index in [1.165, 1.54) is 22.3 Å². The van der Waals surface area contributed by atoms with E-state index in [9.17, 15) is 0 Å². The average Bonchev–Trinajstić information content (AvgIpc) is 2.70. The molecule has 1 aromatic carbocycles. The smallest absolute Gasteiger partial charge is 0.122 e. The summed E-state index contributed by atoms with van der Waals surface area (Å²) in [6.45, 7) is 7.79. The number of rotatable bonds is 3. The van der Waals surface area contributed by atoms with Crippen LogP contribution in [-0.2, 0) is 13.1 Å². The van der Waals surface area contributed by atoms with Gasteiger partial charge in [-0.2, -0.15) is 0 Å². The van der Waals surface area contributed by atoms with Crippen LogP contribution in [0.1, 0.15) is 28.1 Å². The molecule has 0 unspecified atom stereocenters. The van der Waals surface area contributed by atoms with Crippen molar-refractivity contribution in [3.05, 3.63) is 52.6 Å². The SMILES string of the molecule is Cc1cc(C)c(Cn2ccnc2CN)c(C)c1. The van der Waals surface area contributed by atoms with Crippen molar-refractivity contribution in [2.24, 2.45) is 5.73 Å². The van der Waals surface area contributed by atoms with Gasteiger partial charge in [-0.3, -0.25) is 0 Å². The second kappa shape index (κ2) is 4.72. The monoisotopic (exact) mass is 229 g/mol. The Bertz CT molecular complexity index is 503. The minimum absolute atomic E-state index is 0.483. The number of hydrogen-bond donors (Lipinski definition) is 1. The molecule has 0 spiro atoms. The highest BCUT2D eigenvalue weighted by Gasteiger charge is 2.07. The van der Waals surface area contributed by atoms with Crippen LogP contribution in [0.2, 0.25) is 0 Å². The van der Waals surface area contributed by atoms with E-state index in [1.54, 1.807) is 6.20 Å². The van der Waals surface area contributed by atoms with Crippen LogP contribution in [0.4, 0.5) is 0 Å². The first-order valence-corrected chi connectivity index (χ1v) is 5.88. The van der Waals surface area contributed by atoms with Crippen LogP contribution in [0.3, 0.4) is 0 Å². The number of aryl methyl sites for hydroxylation is 3. The highest BCUT2D eigenvalue weighted by molar-refractivity contribution is 5.37. The molecule has 0 fully saturated rings. The first kappa shape index (κ1) is 11.9. The van der Waals surface area contributed by atoms with Gasteiger partial charge in [0.05, 0.1) is 6.54 Å². The Hall–Kier alpha value is -1.61. The van der Waals surface area contributed by atoms with Gasteiger partial charge in [0.15, 0.2) is 0 Å². The normalized spacial score (nSPS) is 10.8. The van der Waals surface area contributed by atoms with Crippen molar-refractivity contribution in [2.45, 2.75) is 33.9 Å². The average molecular weight is 229 g/mol. The predicted octanol–water partition coefficient (Wildman–Crippen LogP) is 2.32. The lowest BCUT2D eigenvalue weighted by Gasteiger charge is -2.13. The van der Waals surface area contributed by atoms with Crippen LogP contribution in [0.5, 0.6) is 0 Å². The van der Waals surface area contributed by atoms with Crippen molar-refractivity contribution in [1.82, 2.24) is 9.55 Å². The molecule has 0 aliphatic carbocycles. The van der Waals surface area contributed by atoms with Crippen LogP contribution in [-0.4, -0.2) is 9.55 Å². The fourth-order valence-corrected chi connectivity index (χ4v) is 2.30. The Labute approximate surface area is 102 Å². The molecule has 3 heteroatoms. The number of imidazole rings is 1. The number of hydrogen-bond acceptors (Lipinski definition) is 2. The molecule has 3 nitrogen and oxygen atoms in total. The van der Waals surface area contributed by atoms with Crippen LogP contribution >= 0.6 is 0 Å². The molecule has 0 bridgehead atoms. The third kappa shape index (κ3) is 2.39. The molecule has 0 aliphatic rings. The van der Waals surface area contributed by atoms with E-state index in [1.807, 2.05) is 6.20 Å². The largest absolute Gasteiger partial charge is 0.329 e. The molecule has 0 atom stereocenters. The van der Waals surface area contributed by atoms with Gasteiger partial charge in [-0.25, -0.2) is 4.98 Å². The van der Waals surface area contributed by atoms with Gasteiger partial charge in [0, 0.05) is 18.9 Å². The molecule has 90 valence electrons. The molecule has 0 saturated carbocycles. The minimum Gasteiger partial charge on any atom is -0.329 e. The molecule has 2 aromatic rings. The fourth-order valence-electron chi connectivity index (χ4n) is 2.30. The number of aromatic nitrogens is 2.